The highest BCUT2D eigenvalue weighted by atomic mass is 19.4. The van der Waals surface area contributed by atoms with E-state index in [1.807, 2.05) is 0 Å². The molecule has 2 rings (SSSR count). The first kappa shape index (κ1) is 18.9. The minimum Gasteiger partial charge on any atom is -0.399 e. The van der Waals surface area contributed by atoms with Gasteiger partial charge >= 0.3 is 19.5 Å². The van der Waals surface area contributed by atoms with Gasteiger partial charge in [0.05, 0.1) is 22.3 Å². The van der Waals surface area contributed by atoms with Crippen molar-refractivity contribution in [3.8, 4) is 0 Å². The molecular weight excluding hydrogens is 339 g/mol. The van der Waals surface area contributed by atoms with Crippen molar-refractivity contribution in [3.05, 3.63) is 23.3 Å². The highest BCUT2D eigenvalue weighted by Gasteiger charge is 2.54. The van der Waals surface area contributed by atoms with Crippen LogP contribution in [0.5, 0.6) is 0 Å². The minimum absolute atomic E-state index is 0.0245. The Morgan fingerprint density at radius 3 is 1.71 bits per heavy atom. The Kier molecular flexibility index (Phi) is 4.17. The summed E-state index contributed by atoms with van der Waals surface area (Å²) in [6, 6.07) is 0.479. The Morgan fingerprint density at radius 2 is 1.33 bits per heavy atom. The van der Waals surface area contributed by atoms with Gasteiger partial charge in [-0.2, -0.15) is 26.3 Å². The summed E-state index contributed by atoms with van der Waals surface area (Å²) in [5.41, 5.74) is -0.741. The van der Waals surface area contributed by atoms with Crippen LogP contribution >= 0.6 is 0 Å². The zero-order valence-electron chi connectivity index (χ0n) is 13.4. The number of hydrogen-bond donors (Lipinski definition) is 1. The molecule has 24 heavy (non-hydrogen) atoms. The van der Waals surface area contributed by atoms with Gasteiger partial charge in [-0.3, -0.25) is 0 Å². The third-order valence-electron chi connectivity index (χ3n) is 4.33. The molecular formula is C14H16BF6NO2. The largest absolute Gasteiger partial charge is 0.497 e. The molecule has 1 heterocycles. The molecule has 1 aromatic carbocycles. The molecule has 0 atom stereocenters. The molecule has 3 nitrogen and oxygen atoms in total. The molecule has 10 heteroatoms. The summed E-state index contributed by atoms with van der Waals surface area (Å²) in [5, 5.41) is 0. The van der Waals surface area contributed by atoms with Crippen LogP contribution in [0.2, 0.25) is 0 Å². The van der Waals surface area contributed by atoms with Crippen molar-refractivity contribution < 1.29 is 35.7 Å². The van der Waals surface area contributed by atoms with Gasteiger partial charge in [-0.05, 0) is 39.8 Å². The molecule has 1 saturated heterocycles. The summed E-state index contributed by atoms with van der Waals surface area (Å²) in [4.78, 5) is 0. The van der Waals surface area contributed by atoms with Gasteiger partial charge in [0, 0.05) is 11.2 Å². The second-order valence-corrected chi connectivity index (χ2v) is 6.61. The van der Waals surface area contributed by atoms with E-state index < -0.39 is 53.0 Å². The molecule has 0 radical (unpaired) electrons. The molecule has 0 aliphatic carbocycles. The summed E-state index contributed by atoms with van der Waals surface area (Å²) in [6.07, 6.45) is -10.0. The number of nitrogens with two attached hydrogens (primary N) is 1. The van der Waals surface area contributed by atoms with Crippen LogP contribution in [0.4, 0.5) is 32.0 Å². The second-order valence-electron chi connectivity index (χ2n) is 6.61. The first-order valence-corrected chi connectivity index (χ1v) is 7.00. The van der Waals surface area contributed by atoms with Gasteiger partial charge in [0.2, 0.25) is 0 Å². The van der Waals surface area contributed by atoms with Crippen LogP contribution in [-0.4, -0.2) is 18.3 Å². The van der Waals surface area contributed by atoms with Gasteiger partial charge in [-0.25, -0.2) is 0 Å². The number of hydrogen-bond acceptors (Lipinski definition) is 3. The standard InChI is InChI=1S/C14H16BF6NO2/c1-11(2)12(3,4)24-15(23-11)10-8(14(19,20)21)5-7(6-9(10)22)13(16,17)18/h5-6H,22H2,1-4H3. The maximum Gasteiger partial charge on any atom is 0.497 e. The summed E-state index contributed by atoms with van der Waals surface area (Å²) in [5.74, 6) is 0. The first-order valence-electron chi connectivity index (χ1n) is 7.00. The average molecular weight is 355 g/mol. The fourth-order valence-electron chi connectivity index (χ4n) is 2.30. The van der Waals surface area contributed by atoms with Gasteiger partial charge in [0.15, 0.2) is 0 Å². The molecule has 0 unspecified atom stereocenters. The molecule has 2 N–H and O–H groups in total. The summed E-state index contributed by atoms with van der Waals surface area (Å²) in [6.45, 7) is 6.45. The topological polar surface area (TPSA) is 44.5 Å². The molecule has 0 saturated carbocycles. The summed E-state index contributed by atoms with van der Waals surface area (Å²) >= 11 is 0. The lowest BCUT2D eigenvalue weighted by molar-refractivity contribution is -0.142. The van der Waals surface area contributed by atoms with Crippen molar-refractivity contribution in [2.45, 2.75) is 51.2 Å². The maximum absolute atomic E-state index is 13.3. The number of halogens is 6. The molecule has 0 aromatic heterocycles. The van der Waals surface area contributed by atoms with Crippen LogP contribution in [0.25, 0.3) is 0 Å². The van der Waals surface area contributed by atoms with E-state index in [1.165, 1.54) is 0 Å². The van der Waals surface area contributed by atoms with E-state index in [1.54, 1.807) is 27.7 Å². The van der Waals surface area contributed by atoms with E-state index in [4.69, 9.17) is 15.0 Å². The monoisotopic (exact) mass is 355 g/mol. The highest BCUT2D eigenvalue weighted by molar-refractivity contribution is 6.64. The van der Waals surface area contributed by atoms with Crippen LogP contribution in [0, 0.1) is 0 Å². The minimum atomic E-state index is -5.05. The molecule has 1 fully saturated rings. The quantitative estimate of drug-likeness (QED) is 0.476. The van der Waals surface area contributed by atoms with E-state index in [2.05, 4.69) is 0 Å². The number of benzene rings is 1. The van der Waals surface area contributed by atoms with E-state index in [0.29, 0.717) is 6.07 Å². The zero-order chi connectivity index (χ0) is 18.7. The molecule has 1 aliphatic heterocycles. The smallest absolute Gasteiger partial charge is 0.399 e. The third kappa shape index (κ3) is 3.21. The van der Waals surface area contributed by atoms with Crippen LogP contribution in [0.15, 0.2) is 12.1 Å². The average Bonchev–Trinajstić information content (AvgIpc) is 2.54. The lowest BCUT2D eigenvalue weighted by atomic mass is 9.74. The Bertz CT molecular complexity index is 638. The predicted molar refractivity (Wildman–Crippen MR) is 76.6 cm³/mol. The molecule has 1 aromatic rings. The van der Waals surface area contributed by atoms with Gasteiger partial charge < -0.3 is 15.0 Å². The van der Waals surface area contributed by atoms with E-state index >= 15 is 0 Å². The Labute approximate surface area is 135 Å². The molecule has 134 valence electrons. The predicted octanol–water partition coefficient (Wildman–Crippen LogP) is 3.61. The number of alkyl halides is 6. The third-order valence-corrected chi connectivity index (χ3v) is 4.33. The van der Waals surface area contributed by atoms with Crippen molar-refractivity contribution in [2.24, 2.45) is 0 Å². The number of anilines is 1. The fraction of sp³-hybridized carbons (Fsp3) is 0.571. The molecule has 0 bridgehead atoms. The van der Waals surface area contributed by atoms with Crippen LogP contribution in [0.3, 0.4) is 0 Å². The van der Waals surface area contributed by atoms with Gasteiger partial charge in [-0.15, -0.1) is 0 Å². The molecule has 0 spiro atoms. The van der Waals surface area contributed by atoms with Crippen molar-refractivity contribution in [1.82, 2.24) is 0 Å². The van der Waals surface area contributed by atoms with Crippen molar-refractivity contribution in [3.63, 3.8) is 0 Å². The SMILES string of the molecule is CC1(C)OB(c2c(N)cc(C(F)(F)F)cc2C(F)(F)F)OC1(C)C. The van der Waals surface area contributed by atoms with E-state index in [0.717, 1.165) is 0 Å². The summed E-state index contributed by atoms with van der Waals surface area (Å²) in [7, 11) is -1.52. The Hall–Kier alpha value is -1.42. The normalized spacial score (nSPS) is 20.5. The van der Waals surface area contributed by atoms with Gasteiger partial charge in [0.25, 0.3) is 0 Å². The zero-order valence-corrected chi connectivity index (χ0v) is 13.4. The van der Waals surface area contributed by atoms with Gasteiger partial charge in [-0.1, -0.05) is 0 Å². The number of rotatable bonds is 1. The van der Waals surface area contributed by atoms with Crippen LogP contribution in [-0.2, 0) is 21.7 Å². The summed E-state index contributed by atoms with van der Waals surface area (Å²) < 4.78 is 89.3. The van der Waals surface area contributed by atoms with Crippen LogP contribution in [0.1, 0.15) is 38.8 Å². The van der Waals surface area contributed by atoms with Crippen molar-refractivity contribution >= 4 is 18.3 Å². The lowest BCUT2D eigenvalue weighted by Gasteiger charge is -2.32. The highest BCUT2D eigenvalue weighted by Crippen LogP contribution is 2.40. The molecule has 1 aliphatic rings. The fourth-order valence-corrected chi connectivity index (χ4v) is 2.30. The Morgan fingerprint density at radius 1 is 0.875 bits per heavy atom. The van der Waals surface area contributed by atoms with Crippen LogP contribution < -0.4 is 11.2 Å². The lowest BCUT2D eigenvalue weighted by Crippen LogP contribution is -2.41. The van der Waals surface area contributed by atoms with Crippen molar-refractivity contribution in [1.29, 1.82) is 0 Å². The number of nitrogen functional groups attached to an aromatic ring is 1. The molecule has 0 amide bonds. The van der Waals surface area contributed by atoms with E-state index in [9.17, 15) is 26.3 Å². The maximum atomic E-state index is 13.3. The van der Waals surface area contributed by atoms with Gasteiger partial charge in [0.1, 0.15) is 0 Å². The van der Waals surface area contributed by atoms with E-state index in [-0.39, 0.29) is 6.07 Å². The van der Waals surface area contributed by atoms with Crippen molar-refractivity contribution in [2.75, 3.05) is 5.73 Å². The second kappa shape index (κ2) is 5.29. The first-order chi connectivity index (χ1) is 10.6. The Balaban J connectivity index is 2.63.